The van der Waals surface area contributed by atoms with E-state index in [2.05, 4.69) is 18.6 Å². The van der Waals surface area contributed by atoms with Crippen molar-refractivity contribution in [2.45, 2.75) is 37.2 Å². The van der Waals surface area contributed by atoms with Gasteiger partial charge in [-0.2, -0.15) is 11.8 Å². The van der Waals surface area contributed by atoms with E-state index in [4.69, 9.17) is 5.73 Å². The molecule has 0 unspecified atom stereocenters. The third-order valence-electron chi connectivity index (χ3n) is 3.67. The second kappa shape index (κ2) is 7.33. The van der Waals surface area contributed by atoms with Crippen molar-refractivity contribution in [2.75, 3.05) is 18.5 Å². The minimum Gasteiger partial charge on any atom is -0.399 e. The lowest BCUT2D eigenvalue weighted by Crippen LogP contribution is -2.40. The minimum absolute atomic E-state index is 0.00876. The Morgan fingerprint density at radius 2 is 1.75 bits per heavy atom. The zero-order valence-electron chi connectivity index (χ0n) is 12.3. The van der Waals surface area contributed by atoms with Gasteiger partial charge in [-0.05, 0) is 36.8 Å². The Morgan fingerprint density at radius 1 is 1.20 bits per heavy atom. The van der Waals surface area contributed by atoms with Crippen LogP contribution in [0.15, 0.2) is 24.3 Å². The van der Waals surface area contributed by atoms with Gasteiger partial charge in [-0.1, -0.05) is 26.0 Å². The van der Waals surface area contributed by atoms with Crippen molar-refractivity contribution in [3.05, 3.63) is 29.8 Å². The van der Waals surface area contributed by atoms with E-state index >= 15 is 0 Å². The summed E-state index contributed by atoms with van der Waals surface area (Å²) in [6.07, 6.45) is 3.91. The Hall–Kier alpha value is -0.720. The Kier molecular flexibility index (Phi) is 6.36. The van der Waals surface area contributed by atoms with E-state index in [0.29, 0.717) is 12.2 Å². The zero-order valence-corrected chi connectivity index (χ0v) is 14.0. The molecule has 0 fully saturated rings. The normalized spacial score (nSPS) is 12.6. The molecule has 6 heteroatoms. The topological polar surface area (TPSA) is 72.2 Å². The summed E-state index contributed by atoms with van der Waals surface area (Å²) >= 11 is 1.72. The van der Waals surface area contributed by atoms with E-state index in [1.54, 1.807) is 36.0 Å². The van der Waals surface area contributed by atoms with Crippen LogP contribution in [0.5, 0.6) is 0 Å². The summed E-state index contributed by atoms with van der Waals surface area (Å²) in [4.78, 5) is 0. The van der Waals surface area contributed by atoms with Crippen LogP contribution in [-0.4, -0.2) is 26.0 Å². The molecule has 1 aromatic carbocycles. The van der Waals surface area contributed by atoms with Gasteiger partial charge in [0.05, 0.1) is 5.75 Å². The number of rotatable bonds is 8. The quantitative estimate of drug-likeness (QED) is 0.723. The first-order chi connectivity index (χ1) is 9.36. The van der Waals surface area contributed by atoms with Crippen LogP contribution >= 0.6 is 11.8 Å². The van der Waals surface area contributed by atoms with Gasteiger partial charge in [-0.25, -0.2) is 13.1 Å². The molecule has 0 aliphatic carbocycles. The average molecular weight is 316 g/mol. The number of sulfonamides is 1. The number of nitrogen functional groups attached to an aromatic ring is 1. The zero-order chi connectivity index (χ0) is 15.2. The highest BCUT2D eigenvalue weighted by Crippen LogP contribution is 2.29. The van der Waals surface area contributed by atoms with E-state index in [9.17, 15) is 8.42 Å². The van der Waals surface area contributed by atoms with Gasteiger partial charge in [0.2, 0.25) is 10.0 Å². The summed E-state index contributed by atoms with van der Waals surface area (Å²) in [7, 11) is -3.32. The van der Waals surface area contributed by atoms with Gasteiger partial charge in [0, 0.05) is 17.0 Å². The van der Waals surface area contributed by atoms with Gasteiger partial charge >= 0.3 is 0 Å². The molecule has 114 valence electrons. The first kappa shape index (κ1) is 17.3. The molecular formula is C14H24N2O2S2. The van der Waals surface area contributed by atoms with Crippen molar-refractivity contribution in [1.82, 2.24) is 4.72 Å². The number of thioether (sulfide) groups is 1. The largest absolute Gasteiger partial charge is 0.399 e. The Morgan fingerprint density at radius 3 is 2.20 bits per heavy atom. The predicted molar refractivity (Wildman–Crippen MR) is 88.3 cm³/mol. The second-order valence-electron chi connectivity index (χ2n) is 4.92. The van der Waals surface area contributed by atoms with Gasteiger partial charge in [-0.3, -0.25) is 0 Å². The molecule has 20 heavy (non-hydrogen) atoms. The SMILES string of the molecule is CCC(CC)(CNS(=O)(=O)Cc1ccc(N)cc1)SC. The van der Waals surface area contributed by atoms with E-state index in [1.165, 1.54) is 0 Å². The first-order valence-corrected chi connectivity index (χ1v) is 9.61. The molecule has 0 heterocycles. The number of nitrogens with two attached hydrogens (primary N) is 1. The fourth-order valence-electron chi connectivity index (χ4n) is 1.99. The molecule has 4 nitrogen and oxygen atoms in total. The summed E-state index contributed by atoms with van der Waals surface area (Å²) in [6, 6.07) is 6.93. The maximum Gasteiger partial charge on any atom is 0.215 e. The van der Waals surface area contributed by atoms with E-state index in [0.717, 1.165) is 18.4 Å². The summed E-state index contributed by atoms with van der Waals surface area (Å²) in [5, 5.41) is 0. The van der Waals surface area contributed by atoms with Crippen LogP contribution in [0.1, 0.15) is 32.3 Å². The van der Waals surface area contributed by atoms with Gasteiger partial charge in [-0.15, -0.1) is 0 Å². The van der Waals surface area contributed by atoms with Crippen molar-refractivity contribution in [2.24, 2.45) is 0 Å². The summed E-state index contributed by atoms with van der Waals surface area (Å²) < 4.78 is 27.0. The summed E-state index contributed by atoms with van der Waals surface area (Å²) in [5.74, 6) is -0.00876. The molecule has 0 aliphatic heterocycles. The summed E-state index contributed by atoms with van der Waals surface area (Å²) in [6.45, 7) is 4.65. The van der Waals surface area contributed by atoms with Crippen LogP contribution in [0, 0.1) is 0 Å². The number of anilines is 1. The molecule has 0 bridgehead atoms. The fourth-order valence-corrected chi connectivity index (χ4v) is 4.10. The molecule has 0 radical (unpaired) electrons. The first-order valence-electron chi connectivity index (χ1n) is 6.73. The molecule has 0 saturated carbocycles. The van der Waals surface area contributed by atoms with E-state index < -0.39 is 10.0 Å². The molecule has 0 saturated heterocycles. The number of hydrogen-bond donors (Lipinski definition) is 2. The van der Waals surface area contributed by atoms with Crippen molar-refractivity contribution in [3.63, 3.8) is 0 Å². The molecule has 0 atom stereocenters. The lowest BCUT2D eigenvalue weighted by atomic mass is 10.0. The van der Waals surface area contributed by atoms with E-state index in [-0.39, 0.29) is 10.5 Å². The van der Waals surface area contributed by atoms with Crippen LogP contribution in [0.4, 0.5) is 5.69 Å². The van der Waals surface area contributed by atoms with Crippen molar-refractivity contribution in [1.29, 1.82) is 0 Å². The molecule has 0 aromatic heterocycles. The van der Waals surface area contributed by atoms with E-state index in [1.807, 2.05) is 6.26 Å². The van der Waals surface area contributed by atoms with Gasteiger partial charge in [0.15, 0.2) is 0 Å². The third-order valence-corrected chi connectivity index (χ3v) is 6.56. The molecular weight excluding hydrogens is 292 g/mol. The lowest BCUT2D eigenvalue weighted by molar-refractivity contribution is 0.521. The van der Waals surface area contributed by atoms with Crippen molar-refractivity contribution >= 4 is 27.5 Å². The second-order valence-corrected chi connectivity index (χ2v) is 8.00. The highest BCUT2D eigenvalue weighted by Gasteiger charge is 2.26. The van der Waals surface area contributed by atoms with Crippen molar-refractivity contribution in [3.8, 4) is 0 Å². The third kappa shape index (κ3) is 5.00. The maximum absolute atomic E-state index is 12.1. The highest BCUT2D eigenvalue weighted by atomic mass is 32.2. The number of nitrogens with one attached hydrogen (secondary N) is 1. The Balaban J connectivity index is 2.68. The molecule has 3 N–H and O–H groups in total. The van der Waals surface area contributed by atoms with Crippen LogP contribution in [0.25, 0.3) is 0 Å². The Labute approximate surface area is 126 Å². The molecule has 1 aromatic rings. The van der Waals surface area contributed by atoms with Crippen LogP contribution in [0.2, 0.25) is 0 Å². The molecule has 0 aliphatic rings. The number of hydrogen-bond acceptors (Lipinski definition) is 4. The van der Waals surface area contributed by atoms with Gasteiger partial charge in [0.1, 0.15) is 0 Å². The molecule has 1 rings (SSSR count). The maximum atomic E-state index is 12.1. The highest BCUT2D eigenvalue weighted by molar-refractivity contribution is 8.00. The van der Waals surface area contributed by atoms with Crippen LogP contribution < -0.4 is 10.5 Å². The van der Waals surface area contributed by atoms with Crippen LogP contribution in [-0.2, 0) is 15.8 Å². The standard InChI is InChI=1S/C14H24N2O2S2/c1-4-14(5-2,19-3)11-16-20(17,18)10-12-6-8-13(15)9-7-12/h6-9,16H,4-5,10-11,15H2,1-3H3. The van der Waals surface area contributed by atoms with Crippen molar-refractivity contribution < 1.29 is 8.42 Å². The fraction of sp³-hybridized carbons (Fsp3) is 0.571. The molecule has 0 amide bonds. The molecule has 0 spiro atoms. The number of benzene rings is 1. The monoisotopic (exact) mass is 316 g/mol. The van der Waals surface area contributed by atoms with Gasteiger partial charge < -0.3 is 5.73 Å². The summed E-state index contributed by atoms with van der Waals surface area (Å²) in [5.41, 5.74) is 6.97. The lowest BCUT2D eigenvalue weighted by Gasteiger charge is -2.29. The minimum atomic E-state index is -3.32. The van der Waals surface area contributed by atoms with Gasteiger partial charge in [0.25, 0.3) is 0 Å². The van der Waals surface area contributed by atoms with Crippen LogP contribution in [0.3, 0.4) is 0 Å². The smallest absolute Gasteiger partial charge is 0.215 e. The average Bonchev–Trinajstić information content (AvgIpc) is 2.43. The Bertz CT molecular complexity index is 500. The predicted octanol–water partition coefficient (Wildman–Crippen LogP) is 2.61.